The molecule has 0 aliphatic carbocycles. The van der Waals surface area contributed by atoms with Crippen molar-refractivity contribution in [3.63, 3.8) is 0 Å². The number of nitrogen functional groups attached to an aromatic ring is 1. The van der Waals surface area contributed by atoms with Crippen LogP contribution in [0.15, 0.2) is 53.7 Å². The van der Waals surface area contributed by atoms with E-state index < -0.39 is 10.0 Å². The van der Waals surface area contributed by atoms with E-state index >= 15 is 0 Å². The van der Waals surface area contributed by atoms with Crippen molar-refractivity contribution in [3.8, 4) is 0 Å². The van der Waals surface area contributed by atoms with Gasteiger partial charge in [0.2, 0.25) is 16.0 Å². The Bertz CT molecular complexity index is 1510. The van der Waals surface area contributed by atoms with Gasteiger partial charge in [0.25, 0.3) is 0 Å². The van der Waals surface area contributed by atoms with Crippen molar-refractivity contribution in [2.24, 2.45) is 0 Å². The molecule has 0 atom stereocenters. The summed E-state index contributed by atoms with van der Waals surface area (Å²) in [7, 11) is -3.53. The Morgan fingerprint density at radius 1 is 1.06 bits per heavy atom. The average molecular weight is 522 g/mol. The van der Waals surface area contributed by atoms with E-state index in [0.29, 0.717) is 35.6 Å². The topological polar surface area (TPSA) is 126 Å². The molecular formula is C25H27N7O2S2. The Morgan fingerprint density at radius 3 is 2.67 bits per heavy atom. The molecular weight excluding hydrogens is 494 g/mol. The number of anilines is 3. The molecule has 186 valence electrons. The molecule has 11 heteroatoms. The van der Waals surface area contributed by atoms with Gasteiger partial charge in [-0.15, -0.1) is 0 Å². The Morgan fingerprint density at radius 2 is 1.86 bits per heavy atom. The molecule has 0 spiro atoms. The molecule has 1 aliphatic heterocycles. The van der Waals surface area contributed by atoms with Crippen molar-refractivity contribution < 1.29 is 8.42 Å². The summed E-state index contributed by atoms with van der Waals surface area (Å²) in [5, 5.41) is 6.98. The maximum Gasteiger partial charge on any atom is 0.243 e. The fourth-order valence-electron chi connectivity index (χ4n) is 4.01. The molecule has 0 amide bonds. The van der Waals surface area contributed by atoms with Gasteiger partial charge >= 0.3 is 0 Å². The number of sulfonamides is 1. The molecule has 5 rings (SSSR count). The first-order chi connectivity index (χ1) is 17.4. The molecule has 1 saturated heterocycles. The number of nitrogens with two attached hydrogens (primary N) is 1. The average Bonchev–Trinajstić information content (AvgIpc) is 3.04. The van der Waals surface area contributed by atoms with Gasteiger partial charge in [0.15, 0.2) is 5.13 Å². The van der Waals surface area contributed by atoms with Crippen molar-refractivity contribution in [2.75, 3.05) is 37.2 Å². The number of rotatable bonds is 6. The van der Waals surface area contributed by atoms with Crippen LogP contribution in [0.5, 0.6) is 0 Å². The Hall–Kier alpha value is -3.38. The minimum absolute atomic E-state index is 0.299. The number of benzene rings is 2. The van der Waals surface area contributed by atoms with E-state index in [4.69, 9.17) is 5.73 Å². The number of hydrogen-bond donors (Lipinski definition) is 3. The molecule has 0 bridgehead atoms. The van der Waals surface area contributed by atoms with Crippen molar-refractivity contribution in [2.45, 2.75) is 18.2 Å². The second kappa shape index (κ2) is 10.3. The quantitative estimate of drug-likeness (QED) is 0.349. The van der Waals surface area contributed by atoms with E-state index in [-0.39, 0.29) is 0 Å². The number of fused-ring (bicyclic) bond motifs is 1. The van der Waals surface area contributed by atoms with Gasteiger partial charge in [-0.05, 0) is 61.3 Å². The summed E-state index contributed by atoms with van der Waals surface area (Å²) in [6, 6.07) is 11.1. The smallest absolute Gasteiger partial charge is 0.243 e. The number of aromatic nitrogens is 3. The van der Waals surface area contributed by atoms with E-state index in [1.807, 2.05) is 37.3 Å². The highest BCUT2D eigenvalue weighted by atomic mass is 32.2. The van der Waals surface area contributed by atoms with Crippen LogP contribution in [0, 0.1) is 6.92 Å². The van der Waals surface area contributed by atoms with Gasteiger partial charge < -0.3 is 16.4 Å². The van der Waals surface area contributed by atoms with Gasteiger partial charge in [-0.25, -0.2) is 23.4 Å². The minimum atomic E-state index is -3.53. The third-order valence-corrected chi connectivity index (χ3v) is 8.69. The number of thiazole rings is 1. The predicted molar refractivity (Wildman–Crippen MR) is 146 cm³/mol. The maximum absolute atomic E-state index is 13.1. The zero-order chi connectivity index (χ0) is 25.1. The van der Waals surface area contributed by atoms with Gasteiger partial charge in [-0.3, -0.25) is 0 Å². The third kappa shape index (κ3) is 5.39. The van der Waals surface area contributed by atoms with Gasteiger partial charge in [-0.1, -0.05) is 29.6 Å². The van der Waals surface area contributed by atoms with Crippen LogP contribution in [0.2, 0.25) is 0 Å². The Kier molecular flexibility index (Phi) is 6.97. The van der Waals surface area contributed by atoms with Gasteiger partial charge in [-0.2, -0.15) is 4.31 Å². The highest BCUT2D eigenvalue weighted by molar-refractivity contribution is 7.89. The summed E-state index contributed by atoms with van der Waals surface area (Å²) in [6.45, 7) is 4.37. The molecule has 2 aromatic carbocycles. The van der Waals surface area contributed by atoms with Gasteiger partial charge in [0, 0.05) is 43.3 Å². The second-order valence-electron chi connectivity index (χ2n) is 8.56. The lowest BCUT2D eigenvalue weighted by Gasteiger charge is -2.20. The van der Waals surface area contributed by atoms with Crippen molar-refractivity contribution >= 4 is 60.5 Å². The highest BCUT2D eigenvalue weighted by Crippen LogP contribution is 2.26. The summed E-state index contributed by atoms with van der Waals surface area (Å²) in [6.07, 6.45) is 8.20. The van der Waals surface area contributed by atoms with E-state index in [9.17, 15) is 8.42 Å². The van der Waals surface area contributed by atoms with Crippen molar-refractivity contribution in [1.82, 2.24) is 24.6 Å². The lowest BCUT2D eigenvalue weighted by atomic mass is 10.2. The zero-order valence-electron chi connectivity index (χ0n) is 19.8. The molecule has 36 heavy (non-hydrogen) atoms. The van der Waals surface area contributed by atoms with Crippen LogP contribution in [0.25, 0.3) is 22.4 Å². The van der Waals surface area contributed by atoms with E-state index in [1.54, 1.807) is 34.9 Å². The van der Waals surface area contributed by atoms with Gasteiger partial charge in [0.1, 0.15) is 0 Å². The summed E-state index contributed by atoms with van der Waals surface area (Å²) in [5.41, 5.74) is 10.1. The Balaban J connectivity index is 1.26. The van der Waals surface area contributed by atoms with Crippen LogP contribution in [0.3, 0.4) is 0 Å². The molecule has 9 nitrogen and oxygen atoms in total. The summed E-state index contributed by atoms with van der Waals surface area (Å²) >= 11 is 1.46. The van der Waals surface area contributed by atoms with Crippen molar-refractivity contribution in [3.05, 3.63) is 65.5 Å². The monoisotopic (exact) mass is 521 g/mol. The van der Waals surface area contributed by atoms with Crippen LogP contribution >= 0.6 is 11.3 Å². The molecule has 4 N–H and O–H groups in total. The molecule has 1 aliphatic rings. The third-order valence-electron chi connectivity index (χ3n) is 5.95. The number of nitrogens with one attached hydrogen (secondary N) is 2. The first-order valence-electron chi connectivity index (χ1n) is 11.6. The van der Waals surface area contributed by atoms with E-state index in [2.05, 4.69) is 25.6 Å². The fourth-order valence-corrected chi connectivity index (χ4v) is 6.36. The SMILES string of the molecule is Cc1cc(S(=O)(=O)N2CCCNCC2)ccc1Nc1ncc(C=Cc2ccc3nc(N)sc3c2)cn1. The number of aryl methyl sites for hydroxylation is 1. The molecule has 2 aromatic heterocycles. The highest BCUT2D eigenvalue weighted by Gasteiger charge is 2.25. The van der Waals surface area contributed by atoms with Gasteiger partial charge in [0.05, 0.1) is 15.1 Å². The van der Waals surface area contributed by atoms with E-state index in [0.717, 1.165) is 45.6 Å². The van der Waals surface area contributed by atoms with Crippen LogP contribution in [0.1, 0.15) is 23.1 Å². The first kappa shape index (κ1) is 24.3. The lowest BCUT2D eigenvalue weighted by Crippen LogP contribution is -2.34. The molecule has 1 fully saturated rings. The first-order valence-corrected chi connectivity index (χ1v) is 13.9. The number of nitrogens with zero attached hydrogens (tertiary/aromatic N) is 4. The second-order valence-corrected chi connectivity index (χ2v) is 11.6. The molecule has 4 aromatic rings. The molecule has 3 heterocycles. The predicted octanol–water partition coefficient (Wildman–Crippen LogP) is 3.87. The Labute approximate surface area is 214 Å². The van der Waals surface area contributed by atoms with Crippen LogP contribution in [0.4, 0.5) is 16.8 Å². The molecule has 0 unspecified atom stereocenters. The van der Waals surface area contributed by atoms with Crippen LogP contribution in [-0.4, -0.2) is 53.9 Å². The summed E-state index contributed by atoms with van der Waals surface area (Å²) in [5.74, 6) is 0.436. The van der Waals surface area contributed by atoms with Crippen molar-refractivity contribution in [1.29, 1.82) is 0 Å². The standard InChI is InChI=1S/C25H27N7O2S2/c1-17-13-20(36(33,34)32-11-2-9-27-10-12-32)6-8-21(17)31-25-28-15-19(16-29-25)4-3-18-5-7-22-23(14-18)35-24(26)30-22/h3-8,13-16,27H,2,9-12H2,1H3,(H2,26,30)(H,28,29,31). The molecule has 0 saturated carbocycles. The normalized spacial score (nSPS) is 15.4. The fraction of sp³-hybridized carbons (Fsp3) is 0.240. The molecule has 0 radical (unpaired) electrons. The summed E-state index contributed by atoms with van der Waals surface area (Å²) in [4.78, 5) is 13.4. The lowest BCUT2D eigenvalue weighted by molar-refractivity contribution is 0.432. The summed E-state index contributed by atoms with van der Waals surface area (Å²) < 4.78 is 28.7. The minimum Gasteiger partial charge on any atom is -0.375 e. The van der Waals surface area contributed by atoms with E-state index in [1.165, 1.54) is 11.3 Å². The number of hydrogen-bond acceptors (Lipinski definition) is 9. The van der Waals surface area contributed by atoms with Crippen LogP contribution in [-0.2, 0) is 10.0 Å². The zero-order valence-corrected chi connectivity index (χ0v) is 21.4. The van der Waals surface area contributed by atoms with Crippen LogP contribution < -0.4 is 16.4 Å². The largest absolute Gasteiger partial charge is 0.375 e. The maximum atomic E-state index is 13.1.